The van der Waals surface area contributed by atoms with Crippen LogP contribution in [0, 0.1) is 0 Å². The molecule has 3 nitrogen and oxygen atoms in total. The lowest BCUT2D eigenvalue weighted by atomic mass is 10.1. The first kappa shape index (κ1) is 22.3. The smallest absolute Gasteiger partial charge is 0.456 e. The molecule has 2 aromatic heterocycles. The first-order valence-corrected chi connectivity index (χ1v) is 9.79. The number of hydrogen-bond donors (Lipinski definition) is 1. The molecule has 4 rings (SSSR count). The van der Waals surface area contributed by atoms with Crippen LogP contribution in [0.1, 0.15) is 18.1 Å². The molecule has 0 bridgehead atoms. The van der Waals surface area contributed by atoms with E-state index in [2.05, 4.69) is 59.4 Å². The first-order valence-electron chi connectivity index (χ1n) is 9.79. The first-order chi connectivity index (χ1) is 14.8. The Labute approximate surface area is 177 Å². The van der Waals surface area contributed by atoms with Crippen LogP contribution in [0.2, 0.25) is 0 Å². The van der Waals surface area contributed by atoms with E-state index in [1.165, 1.54) is 5.56 Å². The highest BCUT2D eigenvalue weighted by Gasteiger charge is 2.20. The number of rotatable bonds is 4. The Kier molecular flexibility index (Phi) is 7.23. The van der Waals surface area contributed by atoms with E-state index in [4.69, 9.17) is 4.42 Å². The molecular formula is C23H21BF4N2O. The van der Waals surface area contributed by atoms with Gasteiger partial charge in [0.15, 0.2) is 6.54 Å². The quantitative estimate of drug-likeness (QED) is 0.383. The van der Waals surface area contributed by atoms with Crippen molar-refractivity contribution in [2.45, 2.75) is 19.9 Å². The number of aryl methyl sites for hydroxylation is 1. The molecule has 8 heteroatoms. The van der Waals surface area contributed by atoms with Gasteiger partial charge in [-0.3, -0.25) is 4.98 Å². The monoisotopic (exact) mass is 428 g/mol. The predicted octanol–water partition coefficient (Wildman–Crippen LogP) is 4.54. The Morgan fingerprint density at radius 3 is 2.29 bits per heavy atom. The molecule has 31 heavy (non-hydrogen) atoms. The van der Waals surface area contributed by atoms with Gasteiger partial charge < -0.3 is 21.7 Å². The molecule has 4 aromatic rings. The van der Waals surface area contributed by atoms with Crippen molar-refractivity contribution >= 4 is 18.2 Å². The van der Waals surface area contributed by atoms with Crippen molar-refractivity contribution in [3.05, 3.63) is 95.6 Å². The lowest BCUT2D eigenvalue weighted by Crippen LogP contribution is -2.75. The van der Waals surface area contributed by atoms with Gasteiger partial charge >= 0.3 is 7.25 Å². The second kappa shape index (κ2) is 10.1. The Hall–Kier alpha value is -3.42. The second-order valence-electron chi connectivity index (χ2n) is 6.78. The highest BCUT2D eigenvalue weighted by molar-refractivity contribution is 6.50. The largest absolute Gasteiger partial charge is 0.673 e. The van der Waals surface area contributed by atoms with Gasteiger partial charge in [0.05, 0.1) is 11.5 Å². The summed E-state index contributed by atoms with van der Waals surface area (Å²) in [7, 11) is -6.00. The van der Waals surface area contributed by atoms with Crippen molar-refractivity contribution in [2.24, 2.45) is 0 Å². The van der Waals surface area contributed by atoms with E-state index in [0.29, 0.717) is 0 Å². The summed E-state index contributed by atoms with van der Waals surface area (Å²) in [5, 5.41) is 2.18. The number of fused-ring (bicyclic) bond motifs is 1. The Morgan fingerprint density at radius 1 is 0.903 bits per heavy atom. The van der Waals surface area contributed by atoms with Crippen molar-refractivity contribution in [1.82, 2.24) is 4.98 Å². The number of halogens is 4. The van der Waals surface area contributed by atoms with Crippen molar-refractivity contribution in [1.29, 1.82) is 0 Å². The molecule has 0 saturated heterocycles. The van der Waals surface area contributed by atoms with Crippen LogP contribution >= 0.6 is 0 Å². The van der Waals surface area contributed by atoms with Gasteiger partial charge in [0.25, 0.3) is 0 Å². The van der Waals surface area contributed by atoms with Gasteiger partial charge in [0, 0.05) is 23.5 Å². The van der Waals surface area contributed by atoms with Crippen molar-refractivity contribution in [3.8, 4) is 11.3 Å². The maximum Gasteiger partial charge on any atom is 0.673 e. The maximum atomic E-state index is 9.75. The third-order valence-corrected chi connectivity index (χ3v) is 4.50. The summed E-state index contributed by atoms with van der Waals surface area (Å²) in [6, 6.07) is 22.7. The molecule has 1 N–H and O–H groups in total. The van der Waals surface area contributed by atoms with Crippen molar-refractivity contribution in [3.63, 3.8) is 0 Å². The molecule has 0 spiro atoms. The highest BCUT2D eigenvalue weighted by Crippen LogP contribution is 2.22. The fourth-order valence-corrected chi connectivity index (χ4v) is 3.04. The zero-order valence-electron chi connectivity index (χ0n) is 16.9. The van der Waals surface area contributed by atoms with Gasteiger partial charge in [-0.1, -0.05) is 43.3 Å². The van der Waals surface area contributed by atoms with Crippen LogP contribution in [0.3, 0.4) is 0 Å². The molecule has 0 unspecified atom stereocenters. The van der Waals surface area contributed by atoms with Gasteiger partial charge in [-0.25, -0.2) is 4.99 Å². The van der Waals surface area contributed by atoms with Crippen molar-refractivity contribution < 1.29 is 26.7 Å². The molecular weight excluding hydrogens is 407 g/mol. The average molecular weight is 428 g/mol. The average Bonchev–Trinajstić information content (AvgIpc) is 2.77. The third-order valence-electron chi connectivity index (χ3n) is 4.50. The molecule has 0 aliphatic rings. The van der Waals surface area contributed by atoms with Crippen LogP contribution in [-0.2, 0) is 13.0 Å². The molecule has 0 saturated carbocycles. The summed E-state index contributed by atoms with van der Waals surface area (Å²) in [6.45, 7) is 2.89. The fourth-order valence-electron chi connectivity index (χ4n) is 3.04. The Bertz CT molecular complexity index is 1190. The minimum Gasteiger partial charge on any atom is -0.456 e. The molecule has 0 amide bonds. The summed E-state index contributed by atoms with van der Waals surface area (Å²) in [6.07, 6.45) is 4.68. The number of benzene rings is 2. The minimum absolute atomic E-state index is 0.720. The third kappa shape index (κ3) is 6.81. The predicted molar refractivity (Wildman–Crippen MR) is 113 cm³/mol. The molecule has 2 heterocycles. The van der Waals surface area contributed by atoms with E-state index in [0.717, 1.165) is 46.2 Å². The second-order valence-corrected chi connectivity index (χ2v) is 6.78. The Morgan fingerprint density at radius 2 is 1.65 bits per heavy atom. The SMILES string of the molecule is CCc1ccc2oc(-c3ccccc3)cc(=[NH+]Cc3cccnc3)c2c1.F[B-](F)(F)F. The van der Waals surface area contributed by atoms with E-state index in [-0.39, 0.29) is 0 Å². The lowest BCUT2D eigenvalue weighted by molar-refractivity contribution is -0.516. The van der Waals surface area contributed by atoms with Crippen LogP contribution in [0.25, 0.3) is 22.3 Å². The standard InChI is InChI=1S/C23H20N2O.BF4/c1-2-17-10-11-22-20(13-17)21(25-16-18-7-6-12-24-15-18)14-23(26-22)19-8-4-3-5-9-19;2-1(3,4)5/h3-15H,2,16H2,1H3;/q;-1/p+1. The van der Waals surface area contributed by atoms with E-state index < -0.39 is 7.25 Å². The van der Waals surface area contributed by atoms with Gasteiger partial charge in [-0.05, 0) is 36.2 Å². The van der Waals surface area contributed by atoms with Crippen LogP contribution < -0.4 is 10.3 Å². The van der Waals surface area contributed by atoms with E-state index in [1.807, 2.05) is 30.5 Å². The van der Waals surface area contributed by atoms with Crippen LogP contribution in [0.5, 0.6) is 0 Å². The summed E-state index contributed by atoms with van der Waals surface area (Å²) in [5.41, 5.74) is 4.40. The number of nitrogens with one attached hydrogen (secondary N) is 1. The number of nitrogens with zero attached hydrogens (tertiary/aromatic N) is 1. The van der Waals surface area contributed by atoms with Crippen LogP contribution in [0.4, 0.5) is 17.3 Å². The summed E-state index contributed by atoms with van der Waals surface area (Å²) >= 11 is 0. The Balaban J connectivity index is 0.000000491. The molecule has 2 aromatic carbocycles. The summed E-state index contributed by atoms with van der Waals surface area (Å²) < 4.78 is 45.2. The number of aromatic nitrogens is 1. The van der Waals surface area contributed by atoms with Gasteiger partial charge in [0.2, 0.25) is 5.36 Å². The molecule has 0 aliphatic heterocycles. The van der Waals surface area contributed by atoms with Crippen LogP contribution in [-0.4, -0.2) is 12.2 Å². The van der Waals surface area contributed by atoms with E-state index >= 15 is 0 Å². The topological polar surface area (TPSA) is 40.0 Å². The summed E-state index contributed by atoms with van der Waals surface area (Å²) in [4.78, 5) is 7.76. The molecule has 0 atom stereocenters. The molecule has 0 aliphatic carbocycles. The number of hydrogen-bond acceptors (Lipinski definition) is 2. The zero-order chi connectivity index (χ0) is 22.3. The maximum absolute atomic E-state index is 9.75. The van der Waals surface area contributed by atoms with Gasteiger partial charge in [-0.2, -0.15) is 0 Å². The molecule has 0 radical (unpaired) electrons. The molecule has 0 fully saturated rings. The number of pyridine rings is 1. The van der Waals surface area contributed by atoms with Crippen molar-refractivity contribution in [2.75, 3.05) is 0 Å². The fraction of sp³-hybridized carbons (Fsp3) is 0.130. The summed E-state index contributed by atoms with van der Waals surface area (Å²) in [5.74, 6) is 0.857. The van der Waals surface area contributed by atoms with E-state index in [9.17, 15) is 17.3 Å². The van der Waals surface area contributed by atoms with Gasteiger partial charge in [0.1, 0.15) is 11.3 Å². The molecule has 160 valence electrons. The zero-order valence-corrected chi connectivity index (χ0v) is 16.9. The van der Waals surface area contributed by atoms with Gasteiger partial charge in [-0.15, -0.1) is 0 Å². The normalized spacial score (nSPS) is 11.8. The van der Waals surface area contributed by atoms with E-state index in [1.54, 1.807) is 6.20 Å². The van der Waals surface area contributed by atoms with Crippen LogP contribution in [0.15, 0.2) is 83.5 Å². The minimum atomic E-state index is -6.00. The lowest BCUT2D eigenvalue weighted by Gasteiger charge is -2.04. The highest BCUT2D eigenvalue weighted by atomic mass is 19.5.